The Morgan fingerprint density at radius 3 is 2.16 bits per heavy atom. The molecule has 1 aliphatic heterocycles. The fourth-order valence-electron chi connectivity index (χ4n) is 4.49. The lowest BCUT2D eigenvalue weighted by Crippen LogP contribution is -2.30. The number of rotatable bonds is 10. The van der Waals surface area contributed by atoms with Crippen molar-refractivity contribution in [2.45, 2.75) is 53.4 Å². The zero-order valence-corrected chi connectivity index (χ0v) is 22.4. The molecule has 0 spiro atoms. The summed E-state index contributed by atoms with van der Waals surface area (Å²) in [7, 11) is 0. The number of fused-ring (bicyclic) bond motifs is 2. The molecule has 4 N–H and O–H groups in total. The Labute approximate surface area is 223 Å². The van der Waals surface area contributed by atoms with E-state index in [4.69, 9.17) is 0 Å². The molecule has 0 radical (unpaired) electrons. The number of carbonyl (C=O) groups is 2. The van der Waals surface area contributed by atoms with Crippen LogP contribution in [0.1, 0.15) is 63.7 Å². The highest BCUT2D eigenvalue weighted by molar-refractivity contribution is 6.16. The van der Waals surface area contributed by atoms with Gasteiger partial charge in [-0.2, -0.15) is 0 Å². The van der Waals surface area contributed by atoms with E-state index in [1.54, 1.807) is 0 Å². The number of carbonyl (C=O) groups excluding carboxylic acids is 1. The van der Waals surface area contributed by atoms with Gasteiger partial charge in [-0.05, 0) is 65.5 Å². The standard InChI is InChI=1S/C30H36N2O6/c1-19(2)8-5-9-20(3)10-6-11-21(4)14-15-31-24-16-22(33)17-26(35)29(24)32(18-27(36)37)28-23(30(31)38)12-7-13-25(28)34/h7-8,10,12-14,16-17,33-35H,5-6,9,11,15,18H2,1-4H3,(H,36,37)/b20-10+,21-14+. The Morgan fingerprint density at radius 1 is 0.842 bits per heavy atom. The second kappa shape index (κ2) is 12.4. The molecule has 8 nitrogen and oxygen atoms in total. The summed E-state index contributed by atoms with van der Waals surface area (Å²) in [5.41, 5.74) is 3.92. The molecule has 1 aliphatic rings. The van der Waals surface area contributed by atoms with Crippen molar-refractivity contribution in [3.05, 3.63) is 70.8 Å². The van der Waals surface area contributed by atoms with E-state index in [2.05, 4.69) is 32.9 Å². The van der Waals surface area contributed by atoms with Crippen LogP contribution in [-0.4, -0.2) is 45.4 Å². The van der Waals surface area contributed by atoms with Gasteiger partial charge in [-0.25, -0.2) is 0 Å². The third kappa shape index (κ3) is 6.76. The number of hydrogen-bond donors (Lipinski definition) is 4. The van der Waals surface area contributed by atoms with Crippen molar-refractivity contribution in [3.63, 3.8) is 0 Å². The van der Waals surface area contributed by atoms with Crippen LogP contribution in [0, 0.1) is 0 Å². The van der Waals surface area contributed by atoms with E-state index < -0.39 is 24.2 Å². The summed E-state index contributed by atoms with van der Waals surface area (Å²) in [5, 5.41) is 41.2. The Bertz CT molecular complexity index is 1300. The van der Waals surface area contributed by atoms with E-state index in [0.717, 1.165) is 37.3 Å². The number of nitrogens with zero attached hydrogens (tertiary/aromatic N) is 2. The van der Waals surface area contributed by atoms with Crippen LogP contribution in [-0.2, 0) is 4.79 Å². The fraction of sp³-hybridized carbons (Fsp3) is 0.333. The van der Waals surface area contributed by atoms with Gasteiger partial charge in [0.25, 0.3) is 5.91 Å². The van der Waals surface area contributed by atoms with E-state index >= 15 is 0 Å². The highest BCUT2D eigenvalue weighted by atomic mass is 16.4. The van der Waals surface area contributed by atoms with Crippen molar-refractivity contribution in [2.75, 3.05) is 22.9 Å². The molecule has 38 heavy (non-hydrogen) atoms. The molecule has 2 aromatic rings. The number of carboxylic acid groups (broad SMARTS) is 1. The number of aromatic hydroxyl groups is 3. The number of allylic oxidation sites excluding steroid dienone is 5. The largest absolute Gasteiger partial charge is 0.508 e. The molecule has 0 unspecified atom stereocenters. The highest BCUT2D eigenvalue weighted by Crippen LogP contribution is 2.49. The van der Waals surface area contributed by atoms with E-state index in [-0.39, 0.29) is 40.7 Å². The average Bonchev–Trinajstić information content (AvgIpc) is 2.91. The molecule has 0 saturated carbocycles. The first kappa shape index (κ1) is 28.4. The number of benzene rings is 2. The summed E-state index contributed by atoms with van der Waals surface area (Å²) in [6.07, 6.45) is 10.0. The quantitative estimate of drug-likeness (QED) is 0.267. The van der Waals surface area contributed by atoms with Crippen molar-refractivity contribution in [3.8, 4) is 17.2 Å². The van der Waals surface area contributed by atoms with Gasteiger partial charge in [0, 0.05) is 18.7 Å². The Hall–Kier alpha value is -4.20. The van der Waals surface area contributed by atoms with Crippen molar-refractivity contribution in [2.24, 2.45) is 0 Å². The molecular weight excluding hydrogens is 484 g/mol. The Balaban J connectivity index is 1.93. The van der Waals surface area contributed by atoms with Crippen LogP contribution in [0.4, 0.5) is 17.1 Å². The zero-order chi connectivity index (χ0) is 28.0. The van der Waals surface area contributed by atoms with E-state index in [1.807, 2.05) is 13.0 Å². The van der Waals surface area contributed by atoms with Gasteiger partial charge in [0.05, 0.1) is 16.9 Å². The number of hydrogen-bond acceptors (Lipinski definition) is 6. The number of phenols is 3. The molecule has 0 fully saturated rings. The topological polar surface area (TPSA) is 122 Å². The maximum atomic E-state index is 13.7. The second-order valence-corrected chi connectivity index (χ2v) is 9.86. The predicted octanol–water partition coefficient (Wildman–Crippen LogP) is 6.41. The minimum Gasteiger partial charge on any atom is -0.508 e. The predicted molar refractivity (Wildman–Crippen MR) is 150 cm³/mol. The molecule has 8 heteroatoms. The number of amides is 1. The summed E-state index contributed by atoms with van der Waals surface area (Å²) in [5.74, 6) is -2.70. The van der Waals surface area contributed by atoms with Crippen LogP contribution in [0.25, 0.3) is 0 Å². The minimum atomic E-state index is -1.22. The lowest BCUT2D eigenvalue weighted by atomic mass is 10.1. The van der Waals surface area contributed by atoms with E-state index in [9.17, 15) is 30.0 Å². The van der Waals surface area contributed by atoms with E-state index in [1.165, 1.54) is 45.2 Å². The van der Waals surface area contributed by atoms with Crippen LogP contribution < -0.4 is 9.80 Å². The molecule has 0 saturated heterocycles. The molecule has 3 rings (SSSR count). The normalized spacial score (nSPS) is 13.6. The third-order valence-corrected chi connectivity index (χ3v) is 6.41. The summed E-state index contributed by atoms with van der Waals surface area (Å²) >= 11 is 0. The van der Waals surface area contributed by atoms with Crippen LogP contribution in [0.2, 0.25) is 0 Å². The summed E-state index contributed by atoms with van der Waals surface area (Å²) in [6.45, 7) is 7.79. The first-order valence-electron chi connectivity index (χ1n) is 12.6. The molecule has 0 aliphatic carbocycles. The summed E-state index contributed by atoms with van der Waals surface area (Å²) in [6, 6.07) is 6.75. The highest BCUT2D eigenvalue weighted by Gasteiger charge is 2.35. The van der Waals surface area contributed by atoms with Gasteiger partial charge in [-0.15, -0.1) is 0 Å². The number of aliphatic carboxylic acids is 1. The molecule has 202 valence electrons. The lowest BCUT2D eigenvalue weighted by molar-refractivity contribution is -0.135. The van der Waals surface area contributed by atoms with Gasteiger partial charge in [0.1, 0.15) is 29.5 Å². The van der Waals surface area contributed by atoms with Crippen molar-refractivity contribution in [1.29, 1.82) is 0 Å². The Kier molecular flexibility index (Phi) is 9.23. The van der Waals surface area contributed by atoms with Crippen molar-refractivity contribution in [1.82, 2.24) is 0 Å². The average molecular weight is 521 g/mol. The number of anilines is 3. The van der Waals surface area contributed by atoms with Gasteiger partial charge in [-0.1, -0.05) is 41.0 Å². The van der Waals surface area contributed by atoms with Gasteiger partial charge < -0.3 is 30.2 Å². The Morgan fingerprint density at radius 2 is 1.50 bits per heavy atom. The van der Waals surface area contributed by atoms with Crippen molar-refractivity contribution >= 4 is 28.9 Å². The molecule has 0 atom stereocenters. The number of carboxylic acids is 1. The second-order valence-electron chi connectivity index (χ2n) is 9.86. The molecule has 1 amide bonds. The van der Waals surface area contributed by atoms with Gasteiger partial charge in [0.15, 0.2) is 0 Å². The molecular formula is C30H36N2O6. The summed E-state index contributed by atoms with van der Waals surface area (Å²) in [4.78, 5) is 28.0. The van der Waals surface area contributed by atoms with Crippen LogP contribution in [0.15, 0.2) is 65.3 Å². The molecule has 0 aromatic heterocycles. The van der Waals surface area contributed by atoms with Gasteiger partial charge in [0.2, 0.25) is 0 Å². The number of phenolic OH excluding ortho intramolecular Hbond substituents is 3. The van der Waals surface area contributed by atoms with Crippen LogP contribution in [0.3, 0.4) is 0 Å². The van der Waals surface area contributed by atoms with Gasteiger partial charge >= 0.3 is 5.97 Å². The smallest absolute Gasteiger partial charge is 0.323 e. The third-order valence-electron chi connectivity index (χ3n) is 6.41. The molecule has 2 aromatic carbocycles. The van der Waals surface area contributed by atoms with Gasteiger partial charge in [-0.3, -0.25) is 9.59 Å². The first-order chi connectivity index (χ1) is 18.0. The summed E-state index contributed by atoms with van der Waals surface area (Å²) < 4.78 is 0. The SMILES string of the molecule is CC(C)=CCC/C(C)=C/CC/C(C)=C/CN1C(=O)c2cccc(O)c2N(CC(=O)O)c2c(O)cc(O)cc21. The molecule has 1 heterocycles. The van der Waals surface area contributed by atoms with Crippen LogP contribution in [0.5, 0.6) is 17.2 Å². The minimum absolute atomic E-state index is 0.0137. The monoisotopic (exact) mass is 520 g/mol. The fourth-order valence-corrected chi connectivity index (χ4v) is 4.49. The number of para-hydroxylation sites is 1. The first-order valence-corrected chi connectivity index (χ1v) is 12.6. The van der Waals surface area contributed by atoms with Crippen LogP contribution >= 0.6 is 0 Å². The zero-order valence-electron chi connectivity index (χ0n) is 22.4. The maximum absolute atomic E-state index is 13.7. The maximum Gasteiger partial charge on any atom is 0.323 e. The molecule has 0 bridgehead atoms. The van der Waals surface area contributed by atoms with Crippen molar-refractivity contribution < 1.29 is 30.0 Å². The van der Waals surface area contributed by atoms with E-state index in [0.29, 0.717) is 0 Å². The lowest BCUT2D eigenvalue weighted by Gasteiger charge is -2.27.